The zero-order valence-electron chi connectivity index (χ0n) is 42.4. The fourth-order valence-corrected chi connectivity index (χ4v) is 10.3. The Morgan fingerprint density at radius 3 is 1.82 bits per heavy atom. The highest BCUT2D eigenvalue weighted by atomic mass is 32.2. The van der Waals surface area contributed by atoms with Crippen LogP contribution in [0.15, 0.2) is 24.3 Å². The molecule has 0 bridgehead atoms. The van der Waals surface area contributed by atoms with Crippen molar-refractivity contribution in [1.82, 2.24) is 40.9 Å². The molecule has 416 valence electrons. The molecule has 9 N–H and O–H groups in total. The van der Waals surface area contributed by atoms with Crippen LogP contribution in [0.5, 0.6) is 0 Å². The number of hydrogen-bond donors (Lipinski definition) is 9. The second-order valence-corrected chi connectivity index (χ2v) is 19.6. The lowest BCUT2D eigenvalue weighted by atomic mass is 10.0. The van der Waals surface area contributed by atoms with E-state index in [1.54, 1.807) is 43.9 Å². The molecule has 1 unspecified atom stereocenters. The average molecular weight is 1070 g/mol. The lowest BCUT2D eigenvalue weighted by Crippen LogP contribution is -2.53. The number of urea groups is 1. The van der Waals surface area contributed by atoms with Crippen LogP contribution in [0.1, 0.15) is 51.0 Å². The number of anilines is 1. The molecule has 0 radical (unpaired) electrons. The summed E-state index contributed by atoms with van der Waals surface area (Å²) in [7, 11) is 0. The SMILES string of the molecule is CC[C@@H](NC(=O)CCCC[C@@H]1SC[C@@H]2NC(=O)N[C@@H]21)C(=O)NCCOCCOCCOCCOCCC(=O)Nc1ccc(CC2CN(CC(=O)O)CCN(CC(=O)O)CCN(CC(=O)O)CCN2CC(=O)O)cc1. The first-order valence-electron chi connectivity index (χ1n) is 25.3. The Bertz CT molecular complexity index is 1940. The van der Waals surface area contributed by atoms with Crippen LogP contribution in [0.4, 0.5) is 10.5 Å². The summed E-state index contributed by atoms with van der Waals surface area (Å²) in [6.45, 7) is 4.33. The van der Waals surface area contributed by atoms with Crippen molar-refractivity contribution in [2.24, 2.45) is 0 Å². The molecule has 0 spiro atoms. The maximum absolute atomic E-state index is 12.7. The molecule has 25 nitrogen and oxygen atoms in total. The van der Waals surface area contributed by atoms with E-state index in [0.717, 1.165) is 24.2 Å². The molecule has 5 amide bonds. The third-order valence-electron chi connectivity index (χ3n) is 12.6. The molecular formula is C48H77N9O16S. The van der Waals surface area contributed by atoms with Crippen LogP contribution in [0.2, 0.25) is 0 Å². The highest BCUT2D eigenvalue weighted by molar-refractivity contribution is 8.00. The average Bonchev–Trinajstić information content (AvgIpc) is 3.90. The van der Waals surface area contributed by atoms with Gasteiger partial charge in [0.05, 0.1) is 97.5 Å². The molecule has 3 heterocycles. The summed E-state index contributed by atoms with van der Waals surface area (Å²) in [4.78, 5) is 103. The first kappa shape index (κ1) is 61.4. The van der Waals surface area contributed by atoms with E-state index in [1.807, 2.05) is 18.7 Å². The lowest BCUT2D eigenvalue weighted by Gasteiger charge is -2.37. The van der Waals surface area contributed by atoms with Gasteiger partial charge in [0, 0.05) is 81.5 Å². The Balaban J connectivity index is 1.05. The zero-order valence-corrected chi connectivity index (χ0v) is 43.2. The van der Waals surface area contributed by atoms with Crippen LogP contribution >= 0.6 is 11.8 Å². The van der Waals surface area contributed by atoms with Crippen molar-refractivity contribution < 1.29 is 77.7 Å². The maximum atomic E-state index is 12.7. The summed E-state index contributed by atoms with van der Waals surface area (Å²) in [5, 5.41) is 53.3. The predicted molar refractivity (Wildman–Crippen MR) is 271 cm³/mol. The second-order valence-electron chi connectivity index (χ2n) is 18.3. The smallest absolute Gasteiger partial charge is 0.317 e. The first-order chi connectivity index (χ1) is 35.6. The molecule has 1 aromatic rings. The molecule has 0 saturated carbocycles. The molecular weight excluding hydrogens is 991 g/mol. The fourth-order valence-electron chi connectivity index (χ4n) is 8.77. The highest BCUT2D eigenvalue weighted by Crippen LogP contribution is 2.33. The number of ether oxygens (including phenoxy) is 4. The number of carboxylic acids is 4. The number of hydrogen-bond acceptors (Lipinski definition) is 17. The normalized spacial score (nSPS) is 20.5. The summed E-state index contributed by atoms with van der Waals surface area (Å²) in [5.74, 6) is -4.16. The molecule has 0 aliphatic carbocycles. The number of unbranched alkanes of at least 4 members (excludes halogenated alkanes) is 1. The number of carbonyl (C=O) groups is 8. The van der Waals surface area contributed by atoms with Crippen molar-refractivity contribution in [1.29, 1.82) is 0 Å². The van der Waals surface area contributed by atoms with Gasteiger partial charge in [-0.3, -0.25) is 53.2 Å². The van der Waals surface area contributed by atoms with Gasteiger partial charge in [0.15, 0.2) is 0 Å². The van der Waals surface area contributed by atoms with Gasteiger partial charge in [-0.05, 0) is 43.4 Å². The Morgan fingerprint density at radius 1 is 0.676 bits per heavy atom. The van der Waals surface area contributed by atoms with Crippen LogP contribution in [-0.4, -0.2) is 254 Å². The van der Waals surface area contributed by atoms with Crippen molar-refractivity contribution in [2.45, 2.75) is 81.3 Å². The Morgan fingerprint density at radius 2 is 1.23 bits per heavy atom. The summed E-state index contributed by atoms with van der Waals surface area (Å²) >= 11 is 1.85. The Hall–Kier alpha value is -5.19. The monoisotopic (exact) mass is 1070 g/mol. The van der Waals surface area contributed by atoms with E-state index in [9.17, 15) is 58.8 Å². The van der Waals surface area contributed by atoms with Crippen molar-refractivity contribution in [3.05, 3.63) is 29.8 Å². The third-order valence-corrected chi connectivity index (χ3v) is 14.1. The first-order valence-corrected chi connectivity index (χ1v) is 26.4. The van der Waals surface area contributed by atoms with Crippen molar-refractivity contribution in [3.8, 4) is 0 Å². The third kappa shape index (κ3) is 24.9. The zero-order chi connectivity index (χ0) is 53.7. The van der Waals surface area contributed by atoms with Gasteiger partial charge >= 0.3 is 29.9 Å². The minimum Gasteiger partial charge on any atom is -0.480 e. The number of fused-ring (bicyclic) bond motifs is 1. The molecule has 3 fully saturated rings. The number of aliphatic carboxylic acids is 4. The quantitative estimate of drug-likeness (QED) is 0.0304. The van der Waals surface area contributed by atoms with E-state index in [4.69, 9.17) is 18.9 Å². The Labute approximate surface area is 436 Å². The number of benzene rings is 1. The standard InChI is InChI=1S/C48H77N9O16S/c1-2-37(51-40(58)6-4-3-5-39-46-38(33-74-39)52-48(69)53-46)47(68)49-12-20-71-22-24-73-26-25-72-23-21-70-19-11-41(59)50-35-9-7-34(8-10-35)27-36-28-56(31-44(64)65)16-15-54(29-42(60)61)13-14-55(30-43(62)63)17-18-57(36)32-45(66)67/h7-10,36-39,46H,2-6,11-33H2,1H3,(H,49,68)(H,50,59)(H,51,58)(H,60,61)(H,62,63)(H,64,65)(H,66,67)(H2,52,53,69)/t36?,37-,38+,39+,46+/m1/s1. The van der Waals surface area contributed by atoms with Crippen LogP contribution in [0.3, 0.4) is 0 Å². The minimum absolute atomic E-state index is 0.0861. The molecule has 3 saturated heterocycles. The number of thioether (sulfide) groups is 1. The number of nitrogens with one attached hydrogen (secondary N) is 5. The summed E-state index contributed by atoms with van der Waals surface area (Å²) in [6.07, 6.45) is 3.67. The molecule has 4 rings (SSSR count). The number of carbonyl (C=O) groups excluding carboxylic acids is 4. The largest absolute Gasteiger partial charge is 0.480 e. The van der Waals surface area contributed by atoms with Crippen LogP contribution < -0.4 is 26.6 Å². The number of amides is 5. The summed E-state index contributed by atoms with van der Waals surface area (Å²) in [6, 6.07) is 6.05. The number of carboxylic acid groups (broad SMARTS) is 4. The van der Waals surface area contributed by atoms with Crippen molar-refractivity contribution >= 4 is 65.1 Å². The number of rotatable bonds is 34. The van der Waals surface area contributed by atoms with Crippen LogP contribution in [-0.2, 0) is 58.9 Å². The van der Waals surface area contributed by atoms with Gasteiger partial charge in [0.2, 0.25) is 17.7 Å². The highest BCUT2D eigenvalue weighted by Gasteiger charge is 2.42. The van der Waals surface area contributed by atoms with Gasteiger partial charge in [0.1, 0.15) is 6.04 Å². The van der Waals surface area contributed by atoms with E-state index >= 15 is 0 Å². The van der Waals surface area contributed by atoms with Crippen molar-refractivity contribution in [3.63, 3.8) is 0 Å². The molecule has 74 heavy (non-hydrogen) atoms. The van der Waals surface area contributed by atoms with E-state index in [2.05, 4.69) is 26.6 Å². The van der Waals surface area contributed by atoms with Crippen LogP contribution in [0, 0.1) is 0 Å². The van der Waals surface area contributed by atoms with Crippen molar-refractivity contribution in [2.75, 3.05) is 142 Å². The molecule has 3 aliphatic heterocycles. The van der Waals surface area contributed by atoms with E-state index < -0.39 is 36.0 Å². The van der Waals surface area contributed by atoms with Gasteiger partial charge in [-0.2, -0.15) is 11.8 Å². The van der Waals surface area contributed by atoms with E-state index in [0.29, 0.717) is 69.7 Å². The topological polar surface area (TPSA) is 328 Å². The summed E-state index contributed by atoms with van der Waals surface area (Å²) < 4.78 is 22.1. The van der Waals surface area contributed by atoms with Gasteiger partial charge in [-0.25, -0.2) is 4.79 Å². The lowest BCUT2D eigenvalue weighted by molar-refractivity contribution is -0.142. The molecule has 1 aromatic carbocycles. The second kappa shape index (κ2) is 34.4. The Kier molecular flexibility index (Phi) is 28.5. The van der Waals surface area contributed by atoms with E-state index in [-0.39, 0.29) is 141 Å². The van der Waals surface area contributed by atoms with Gasteiger partial charge in [0.25, 0.3) is 0 Å². The molecule has 5 atom stereocenters. The summed E-state index contributed by atoms with van der Waals surface area (Å²) in [5.41, 5.74) is 1.30. The minimum atomic E-state index is -1.11. The van der Waals surface area contributed by atoms with Gasteiger partial charge < -0.3 is 66.0 Å². The molecule has 0 aromatic heterocycles. The maximum Gasteiger partial charge on any atom is 0.317 e. The predicted octanol–water partition coefficient (Wildman–Crippen LogP) is -0.711. The molecule has 3 aliphatic rings. The number of nitrogens with zero attached hydrogens (tertiary/aromatic N) is 4. The molecule has 26 heteroatoms. The van der Waals surface area contributed by atoms with Crippen LogP contribution in [0.25, 0.3) is 0 Å². The van der Waals surface area contributed by atoms with E-state index in [1.165, 1.54) is 0 Å². The van der Waals surface area contributed by atoms with Gasteiger partial charge in [-0.15, -0.1) is 0 Å². The fraction of sp³-hybridized carbons (Fsp3) is 0.708. The van der Waals surface area contributed by atoms with Gasteiger partial charge in [-0.1, -0.05) is 25.5 Å².